The van der Waals surface area contributed by atoms with Crippen LogP contribution in [0.5, 0.6) is 0 Å². The van der Waals surface area contributed by atoms with Crippen molar-refractivity contribution in [1.82, 2.24) is 20.1 Å². The summed E-state index contributed by atoms with van der Waals surface area (Å²) in [4.78, 5) is 19.5. The number of likely N-dealkylation sites (tertiary alicyclic amines) is 1. The summed E-state index contributed by atoms with van der Waals surface area (Å²) in [7, 11) is 3.89. The first-order valence-electron chi connectivity index (χ1n) is 9.32. The Hall–Kier alpha value is -2.53. The standard InChI is InChI=1S/C21H26N4O/c1-22-21(26)25-10-3-5-16(14-25)15-7-8-20-19(12-15)17(13-23-20)11-18-6-4-9-24(18)2/h3,5,7-8,10,12-13,18,23H,4,6,9,11,14H2,1-2H3,(H,22,26)/t18-/m1/s1. The molecule has 3 heterocycles. The highest BCUT2D eigenvalue weighted by Crippen LogP contribution is 2.28. The molecule has 4 rings (SSSR count). The van der Waals surface area contributed by atoms with Gasteiger partial charge in [0.2, 0.25) is 0 Å². The fourth-order valence-electron chi connectivity index (χ4n) is 4.06. The number of likely N-dealkylation sites (N-methyl/N-ethyl adjacent to an activating group) is 1. The zero-order chi connectivity index (χ0) is 18.1. The lowest BCUT2D eigenvalue weighted by Gasteiger charge is -2.22. The van der Waals surface area contributed by atoms with Gasteiger partial charge in [0.15, 0.2) is 0 Å². The van der Waals surface area contributed by atoms with Gasteiger partial charge in [0.1, 0.15) is 0 Å². The van der Waals surface area contributed by atoms with E-state index in [1.807, 2.05) is 12.3 Å². The second-order valence-corrected chi connectivity index (χ2v) is 7.27. The molecule has 1 saturated heterocycles. The molecular formula is C21H26N4O. The Morgan fingerprint density at radius 1 is 1.38 bits per heavy atom. The van der Waals surface area contributed by atoms with E-state index in [-0.39, 0.29) is 6.03 Å². The summed E-state index contributed by atoms with van der Waals surface area (Å²) in [5.74, 6) is 0. The SMILES string of the molecule is CNC(=O)N1C=CC=C(c2ccc3[nH]cc(C[C@H]4CCCN4C)c3c2)C1. The largest absolute Gasteiger partial charge is 0.361 e. The monoisotopic (exact) mass is 350 g/mol. The zero-order valence-corrected chi connectivity index (χ0v) is 15.5. The minimum atomic E-state index is -0.0838. The molecule has 0 radical (unpaired) electrons. The third kappa shape index (κ3) is 3.15. The van der Waals surface area contributed by atoms with E-state index < -0.39 is 0 Å². The summed E-state index contributed by atoms with van der Waals surface area (Å²) in [5.41, 5.74) is 4.90. The number of nitrogens with zero attached hydrogens (tertiary/aromatic N) is 2. The number of carbonyl (C=O) groups excluding carboxylic acids is 1. The topological polar surface area (TPSA) is 51.4 Å². The van der Waals surface area contributed by atoms with Gasteiger partial charge in [-0.25, -0.2) is 4.79 Å². The molecule has 5 nitrogen and oxygen atoms in total. The highest BCUT2D eigenvalue weighted by atomic mass is 16.2. The van der Waals surface area contributed by atoms with Crippen molar-refractivity contribution in [3.05, 3.63) is 53.9 Å². The van der Waals surface area contributed by atoms with Crippen LogP contribution in [0.15, 0.2) is 42.7 Å². The second kappa shape index (κ2) is 7.00. The molecule has 136 valence electrons. The van der Waals surface area contributed by atoms with Gasteiger partial charge in [0, 0.05) is 36.4 Å². The maximum atomic E-state index is 11.9. The van der Waals surface area contributed by atoms with Gasteiger partial charge in [-0.2, -0.15) is 0 Å². The van der Waals surface area contributed by atoms with Gasteiger partial charge in [-0.3, -0.25) is 4.90 Å². The summed E-state index contributed by atoms with van der Waals surface area (Å²) in [6.07, 6.45) is 11.7. The number of carbonyl (C=O) groups is 1. The summed E-state index contributed by atoms with van der Waals surface area (Å²) >= 11 is 0. The lowest BCUT2D eigenvalue weighted by Crippen LogP contribution is -2.35. The van der Waals surface area contributed by atoms with Crippen molar-refractivity contribution in [2.75, 3.05) is 27.2 Å². The molecule has 0 bridgehead atoms. The van der Waals surface area contributed by atoms with Gasteiger partial charge in [-0.1, -0.05) is 12.1 Å². The van der Waals surface area contributed by atoms with Crippen LogP contribution in [0.25, 0.3) is 16.5 Å². The highest BCUT2D eigenvalue weighted by Gasteiger charge is 2.22. The van der Waals surface area contributed by atoms with Crippen LogP contribution in [-0.2, 0) is 6.42 Å². The van der Waals surface area contributed by atoms with Gasteiger partial charge in [-0.05, 0) is 67.8 Å². The van der Waals surface area contributed by atoms with Gasteiger partial charge < -0.3 is 15.2 Å². The normalized spacial score (nSPS) is 20.6. The minimum Gasteiger partial charge on any atom is -0.361 e. The quantitative estimate of drug-likeness (QED) is 0.892. The van der Waals surface area contributed by atoms with Gasteiger partial charge in [-0.15, -0.1) is 0 Å². The molecule has 2 N–H and O–H groups in total. The van der Waals surface area contributed by atoms with Crippen molar-refractivity contribution in [1.29, 1.82) is 0 Å². The first kappa shape index (κ1) is 16.9. The number of amides is 2. The van der Waals surface area contributed by atoms with E-state index in [0.29, 0.717) is 12.6 Å². The molecular weight excluding hydrogens is 324 g/mol. The predicted molar refractivity (Wildman–Crippen MR) is 106 cm³/mol. The summed E-state index contributed by atoms with van der Waals surface area (Å²) in [6.45, 7) is 1.79. The number of nitrogens with one attached hydrogen (secondary N) is 2. The molecule has 1 aromatic carbocycles. The summed E-state index contributed by atoms with van der Waals surface area (Å²) in [6, 6.07) is 7.11. The van der Waals surface area contributed by atoms with Crippen LogP contribution in [0.4, 0.5) is 4.79 Å². The number of rotatable bonds is 3. The first-order chi connectivity index (χ1) is 12.7. The van der Waals surface area contributed by atoms with Crippen molar-refractivity contribution < 1.29 is 4.79 Å². The Morgan fingerprint density at radius 3 is 3.04 bits per heavy atom. The average molecular weight is 350 g/mol. The number of benzene rings is 1. The van der Waals surface area contributed by atoms with Gasteiger partial charge >= 0.3 is 6.03 Å². The summed E-state index contributed by atoms with van der Waals surface area (Å²) in [5, 5.41) is 3.98. The second-order valence-electron chi connectivity index (χ2n) is 7.27. The van der Waals surface area contributed by atoms with Crippen LogP contribution < -0.4 is 5.32 Å². The van der Waals surface area contributed by atoms with E-state index in [1.54, 1.807) is 11.9 Å². The molecule has 2 aliphatic rings. The fraction of sp³-hybridized carbons (Fsp3) is 0.381. The fourth-order valence-corrected chi connectivity index (χ4v) is 4.06. The van der Waals surface area contributed by atoms with Crippen molar-refractivity contribution >= 4 is 22.5 Å². The number of aromatic amines is 1. The van der Waals surface area contributed by atoms with E-state index in [9.17, 15) is 4.79 Å². The summed E-state index contributed by atoms with van der Waals surface area (Å²) < 4.78 is 0. The van der Waals surface area contributed by atoms with E-state index >= 15 is 0 Å². The lowest BCUT2D eigenvalue weighted by molar-refractivity contribution is 0.221. The van der Waals surface area contributed by atoms with Gasteiger partial charge in [0.05, 0.1) is 6.54 Å². The van der Waals surface area contributed by atoms with Crippen molar-refractivity contribution in [3.63, 3.8) is 0 Å². The number of hydrogen-bond acceptors (Lipinski definition) is 2. The molecule has 0 saturated carbocycles. The number of hydrogen-bond donors (Lipinski definition) is 2. The van der Waals surface area contributed by atoms with Gasteiger partial charge in [0.25, 0.3) is 0 Å². The number of fused-ring (bicyclic) bond motifs is 1. The van der Waals surface area contributed by atoms with Crippen LogP contribution in [0.3, 0.4) is 0 Å². The highest BCUT2D eigenvalue weighted by molar-refractivity contribution is 5.88. The Kier molecular flexibility index (Phi) is 4.55. The molecule has 2 amide bonds. The van der Waals surface area contributed by atoms with E-state index in [0.717, 1.165) is 12.0 Å². The number of allylic oxidation sites excluding steroid dienone is 2. The van der Waals surface area contributed by atoms with E-state index in [2.05, 4.69) is 52.7 Å². The molecule has 5 heteroatoms. The third-order valence-electron chi connectivity index (χ3n) is 5.64. The molecule has 26 heavy (non-hydrogen) atoms. The van der Waals surface area contributed by atoms with Crippen LogP contribution in [-0.4, -0.2) is 54.0 Å². The van der Waals surface area contributed by atoms with Crippen molar-refractivity contribution in [2.45, 2.75) is 25.3 Å². The third-order valence-corrected chi connectivity index (χ3v) is 5.64. The molecule has 0 unspecified atom stereocenters. The van der Waals surface area contributed by atoms with Crippen LogP contribution in [0, 0.1) is 0 Å². The molecule has 2 aromatic rings. The lowest BCUT2D eigenvalue weighted by atomic mass is 9.98. The number of H-pyrrole nitrogens is 1. The Balaban J connectivity index is 1.61. The first-order valence-corrected chi connectivity index (χ1v) is 9.32. The Labute approximate surface area is 154 Å². The van der Waals surface area contributed by atoms with E-state index in [4.69, 9.17) is 0 Å². The molecule has 1 fully saturated rings. The molecule has 2 aliphatic heterocycles. The van der Waals surface area contributed by atoms with Crippen LogP contribution in [0.2, 0.25) is 0 Å². The zero-order valence-electron chi connectivity index (χ0n) is 15.5. The molecule has 0 spiro atoms. The molecule has 0 aliphatic carbocycles. The Morgan fingerprint density at radius 2 is 2.27 bits per heavy atom. The minimum absolute atomic E-state index is 0.0838. The number of aromatic nitrogens is 1. The molecule has 1 atom stereocenters. The van der Waals surface area contributed by atoms with Crippen molar-refractivity contribution in [2.24, 2.45) is 0 Å². The maximum absolute atomic E-state index is 11.9. The maximum Gasteiger partial charge on any atom is 0.321 e. The van der Waals surface area contributed by atoms with Crippen LogP contribution >= 0.6 is 0 Å². The van der Waals surface area contributed by atoms with Crippen LogP contribution in [0.1, 0.15) is 24.0 Å². The number of urea groups is 1. The van der Waals surface area contributed by atoms with Crippen molar-refractivity contribution in [3.8, 4) is 0 Å². The van der Waals surface area contributed by atoms with E-state index in [1.165, 1.54) is 41.4 Å². The predicted octanol–water partition coefficient (Wildman–Crippen LogP) is 3.36. The molecule has 1 aromatic heterocycles. The Bertz CT molecular complexity index is 879. The smallest absolute Gasteiger partial charge is 0.321 e. The average Bonchev–Trinajstić information content (AvgIpc) is 3.27.